The third-order valence-corrected chi connectivity index (χ3v) is 2.22. The van der Waals surface area contributed by atoms with E-state index in [-0.39, 0.29) is 0 Å². The van der Waals surface area contributed by atoms with Crippen LogP contribution in [0.15, 0.2) is 6.20 Å². The summed E-state index contributed by atoms with van der Waals surface area (Å²) >= 11 is 1.53. The van der Waals surface area contributed by atoms with E-state index in [1.165, 1.54) is 22.3 Å². The fourth-order valence-corrected chi connectivity index (χ4v) is 1.59. The standard InChI is InChI=1S/C6H8N6S/c1-4-9-10-6(13-4)3-12-8-2-5(7)11-12/h2H,3H2,1H3,(H2,7,11). The molecule has 6 nitrogen and oxygen atoms in total. The van der Waals surface area contributed by atoms with Crippen LogP contribution in [0.3, 0.4) is 0 Å². The summed E-state index contributed by atoms with van der Waals surface area (Å²) in [5.41, 5.74) is 5.41. The number of aromatic nitrogens is 5. The van der Waals surface area contributed by atoms with Gasteiger partial charge in [0.1, 0.15) is 16.6 Å². The van der Waals surface area contributed by atoms with Crippen molar-refractivity contribution >= 4 is 17.2 Å². The van der Waals surface area contributed by atoms with Gasteiger partial charge in [0.15, 0.2) is 5.82 Å². The lowest BCUT2D eigenvalue weighted by atomic mass is 10.7. The number of anilines is 1. The molecule has 13 heavy (non-hydrogen) atoms. The molecule has 2 rings (SSSR count). The quantitative estimate of drug-likeness (QED) is 0.734. The Morgan fingerprint density at radius 1 is 1.54 bits per heavy atom. The lowest BCUT2D eigenvalue weighted by molar-refractivity contribution is 0.587. The highest BCUT2D eigenvalue weighted by Gasteiger charge is 2.03. The zero-order valence-electron chi connectivity index (χ0n) is 7.01. The van der Waals surface area contributed by atoms with Crippen molar-refractivity contribution in [1.29, 1.82) is 0 Å². The molecular weight excluding hydrogens is 188 g/mol. The SMILES string of the molecule is Cc1nnc(Cn2ncc(N)n2)s1. The molecule has 0 unspecified atom stereocenters. The Balaban J connectivity index is 2.14. The number of aryl methyl sites for hydroxylation is 1. The summed E-state index contributed by atoms with van der Waals surface area (Å²) in [6.45, 7) is 2.44. The van der Waals surface area contributed by atoms with Gasteiger partial charge in [-0.2, -0.15) is 9.90 Å². The van der Waals surface area contributed by atoms with E-state index in [4.69, 9.17) is 5.73 Å². The van der Waals surface area contributed by atoms with Crippen LogP contribution in [0, 0.1) is 6.92 Å². The van der Waals surface area contributed by atoms with Crippen LogP contribution in [0.5, 0.6) is 0 Å². The Labute approximate surface area is 78.4 Å². The zero-order valence-corrected chi connectivity index (χ0v) is 7.82. The van der Waals surface area contributed by atoms with Crippen LogP contribution in [0.4, 0.5) is 5.82 Å². The summed E-state index contributed by atoms with van der Waals surface area (Å²) in [7, 11) is 0. The van der Waals surface area contributed by atoms with Crippen molar-refractivity contribution in [2.45, 2.75) is 13.5 Å². The summed E-state index contributed by atoms with van der Waals surface area (Å²) < 4.78 is 0. The molecular formula is C6H8N6S. The van der Waals surface area contributed by atoms with E-state index in [0.717, 1.165) is 10.0 Å². The normalized spacial score (nSPS) is 10.5. The summed E-state index contributed by atoms with van der Waals surface area (Å²) in [6, 6.07) is 0. The molecule has 68 valence electrons. The van der Waals surface area contributed by atoms with Gasteiger partial charge < -0.3 is 5.73 Å². The number of nitrogen functional groups attached to an aromatic ring is 1. The van der Waals surface area contributed by atoms with E-state index in [1.54, 1.807) is 0 Å². The molecule has 0 fully saturated rings. The molecule has 0 aliphatic heterocycles. The molecule has 2 aromatic rings. The minimum atomic E-state index is 0.418. The van der Waals surface area contributed by atoms with E-state index >= 15 is 0 Å². The number of hydrogen-bond donors (Lipinski definition) is 1. The van der Waals surface area contributed by atoms with Gasteiger partial charge in [-0.1, -0.05) is 11.3 Å². The molecule has 0 spiro atoms. The topological polar surface area (TPSA) is 82.5 Å². The first kappa shape index (κ1) is 8.11. The van der Waals surface area contributed by atoms with Gasteiger partial charge in [0.25, 0.3) is 0 Å². The Kier molecular flexibility index (Phi) is 1.93. The first-order valence-corrected chi connectivity index (χ1v) is 4.50. The molecule has 7 heteroatoms. The molecule has 0 atom stereocenters. The number of nitrogens with zero attached hydrogens (tertiary/aromatic N) is 5. The van der Waals surface area contributed by atoms with Crippen LogP contribution in [0.25, 0.3) is 0 Å². The van der Waals surface area contributed by atoms with E-state index in [2.05, 4.69) is 20.4 Å². The minimum absolute atomic E-state index is 0.418. The largest absolute Gasteiger partial charge is 0.381 e. The maximum atomic E-state index is 5.41. The van der Waals surface area contributed by atoms with Crippen LogP contribution in [-0.2, 0) is 6.54 Å². The highest BCUT2D eigenvalue weighted by molar-refractivity contribution is 7.11. The molecule has 0 aliphatic carbocycles. The van der Waals surface area contributed by atoms with Crippen LogP contribution in [0.2, 0.25) is 0 Å². The zero-order chi connectivity index (χ0) is 9.26. The summed E-state index contributed by atoms with van der Waals surface area (Å²) in [6.07, 6.45) is 1.51. The Bertz CT molecular complexity index is 366. The predicted molar refractivity (Wildman–Crippen MR) is 48.2 cm³/mol. The minimum Gasteiger partial charge on any atom is -0.381 e. The van der Waals surface area contributed by atoms with Crippen LogP contribution >= 0.6 is 11.3 Å². The second-order valence-corrected chi connectivity index (χ2v) is 3.78. The fourth-order valence-electron chi connectivity index (χ4n) is 0.909. The number of nitrogens with two attached hydrogens (primary N) is 1. The third kappa shape index (κ3) is 1.81. The molecule has 0 saturated heterocycles. The highest BCUT2D eigenvalue weighted by Crippen LogP contribution is 2.08. The van der Waals surface area contributed by atoms with Gasteiger partial charge in [-0.05, 0) is 6.92 Å². The van der Waals surface area contributed by atoms with Gasteiger partial charge in [0.05, 0.1) is 6.20 Å². The number of hydrogen-bond acceptors (Lipinski definition) is 6. The molecule has 0 aliphatic rings. The lowest BCUT2D eigenvalue weighted by Crippen LogP contribution is -2.03. The van der Waals surface area contributed by atoms with Crippen LogP contribution in [0.1, 0.15) is 10.0 Å². The highest BCUT2D eigenvalue weighted by atomic mass is 32.1. The van der Waals surface area contributed by atoms with E-state index < -0.39 is 0 Å². The van der Waals surface area contributed by atoms with Gasteiger partial charge in [0.2, 0.25) is 0 Å². The average Bonchev–Trinajstić information content (AvgIpc) is 2.62. The fraction of sp³-hybridized carbons (Fsp3) is 0.333. The average molecular weight is 196 g/mol. The summed E-state index contributed by atoms with van der Waals surface area (Å²) in [5, 5.41) is 17.5. The first-order chi connectivity index (χ1) is 6.24. The van der Waals surface area contributed by atoms with Crippen molar-refractivity contribution in [2.24, 2.45) is 0 Å². The molecule has 0 amide bonds. The van der Waals surface area contributed by atoms with Gasteiger partial charge in [0, 0.05) is 0 Å². The van der Waals surface area contributed by atoms with Crippen LogP contribution < -0.4 is 5.73 Å². The van der Waals surface area contributed by atoms with Gasteiger partial charge in [-0.3, -0.25) is 0 Å². The van der Waals surface area contributed by atoms with Gasteiger partial charge in [-0.15, -0.1) is 15.3 Å². The smallest absolute Gasteiger partial charge is 0.165 e. The number of rotatable bonds is 2. The summed E-state index contributed by atoms with van der Waals surface area (Å²) in [4.78, 5) is 1.50. The second-order valence-electron chi connectivity index (χ2n) is 2.51. The van der Waals surface area contributed by atoms with Crippen molar-refractivity contribution < 1.29 is 0 Å². The van der Waals surface area contributed by atoms with Crippen molar-refractivity contribution in [3.8, 4) is 0 Å². The monoisotopic (exact) mass is 196 g/mol. The maximum Gasteiger partial charge on any atom is 0.165 e. The molecule has 2 aromatic heterocycles. The Morgan fingerprint density at radius 3 is 2.92 bits per heavy atom. The van der Waals surface area contributed by atoms with Crippen molar-refractivity contribution in [3.63, 3.8) is 0 Å². The van der Waals surface area contributed by atoms with Crippen molar-refractivity contribution in [2.75, 3.05) is 5.73 Å². The summed E-state index contributed by atoms with van der Waals surface area (Å²) in [5.74, 6) is 0.418. The van der Waals surface area contributed by atoms with E-state index in [0.29, 0.717) is 12.4 Å². The van der Waals surface area contributed by atoms with Crippen molar-refractivity contribution in [1.82, 2.24) is 25.2 Å². The molecule has 2 heterocycles. The van der Waals surface area contributed by atoms with Gasteiger partial charge >= 0.3 is 0 Å². The molecule has 0 saturated carbocycles. The molecule has 0 aromatic carbocycles. The second kappa shape index (κ2) is 3.09. The van der Waals surface area contributed by atoms with Crippen molar-refractivity contribution in [3.05, 3.63) is 16.2 Å². The maximum absolute atomic E-state index is 5.41. The Morgan fingerprint density at radius 2 is 2.38 bits per heavy atom. The van der Waals surface area contributed by atoms with E-state index in [9.17, 15) is 0 Å². The van der Waals surface area contributed by atoms with Crippen LogP contribution in [-0.4, -0.2) is 25.2 Å². The first-order valence-electron chi connectivity index (χ1n) is 3.68. The predicted octanol–water partition coefficient (Wildman–Crippen LogP) is 0.0685. The lowest BCUT2D eigenvalue weighted by Gasteiger charge is -1.91. The molecule has 2 N–H and O–H groups in total. The van der Waals surface area contributed by atoms with Gasteiger partial charge in [-0.25, -0.2) is 0 Å². The third-order valence-electron chi connectivity index (χ3n) is 1.40. The Hall–Kier alpha value is -1.50. The van der Waals surface area contributed by atoms with E-state index in [1.807, 2.05) is 6.92 Å². The molecule has 0 bridgehead atoms. The molecule has 0 radical (unpaired) electrons.